The van der Waals surface area contributed by atoms with Crippen LogP contribution in [0.1, 0.15) is 19.4 Å². The minimum atomic E-state index is -0.0326. The molecule has 0 fully saturated rings. The maximum atomic E-state index is 5.46. The highest BCUT2D eigenvalue weighted by atomic mass is 16.5. The SMILES string of the molecule is Cc1cccc(Nc2nc(NN)nc(OC(C)C)n2)c1. The summed E-state index contributed by atoms with van der Waals surface area (Å²) < 4.78 is 5.46. The molecule has 0 saturated heterocycles. The van der Waals surface area contributed by atoms with Crippen molar-refractivity contribution in [2.24, 2.45) is 5.84 Å². The molecule has 1 heterocycles. The fourth-order valence-electron chi connectivity index (χ4n) is 1.59. The third kappa shape index (κ3) is 3.79. The molecular formula is C13H18N6O. The number of ether oxygens (including phenoxy) is 1. The molecule has 7 heteroatoms. The lowest BCUT2D eigenvalue weighted by Crippen LogP contribution is -2.15. The predicted molar refractivity (Wildman–Crippen MR) is 77.9 cm³/mol. The van der Waals surface area contributed by atoms with Gasteiger partial charge in [-0.15, -0.1) is 0 Å². The summed E-state index contributed by atoms with van der Waals surface area (Å²) in [5, 5.41) is 3.10. The number of benzene rings is 1. The average molecular weight is 274 g/mol. The molecule has 0 aliphatic carbocycles. The summed E-state index contributed by atoms with van der Waals surface area (Å²) in [7, 11) is 0. The molecular weight excluding hydrogens is 256 g/mol. The normalized spacial score (nSPS) is 10.4. The minimum Gasteiger partial charge on any atom is -0.461 e. The van der Waals surface area contributed by atoms with Gasteiger partial charge in [0.1, 0.15) is 0 Å². The van der Waals surface area contributed by atoms with Crippen molar-refractivity contribution < 1.29 is 4.74 Å². The van der Waals surface area contributed by atoms with Crippen molar-refractivity contribution in [3.05, 3.63) is 29.8 Å². The molecule has 0 aliphatic heterocycles. The van der Waals surface area contributed by atoms with Crippen LogP contribution in [-0.2, 0) is 0 Å². The van der Waals surface area contributed by atoms with Crippen molar-refractivity contribution in [1.29, 1.82) is 0 Å². The Hall–Kier alpha value is -2.41. The van der Waals surface area contributed by atoms with E-state index >= 15 is 0 Å². The Morgan fingerprint density at radius 2 is 1.90 bits per heavy atom. The maximum Gasteiger partial charge on any atom is 0.323 e. The van der Waals surface area contributed by atoms with Crippen LogP contribution in [0, 0.1) is 6.92 Å². The molecule has 0 spiro atoms. The molecule has 0 bridgehead atoms. The summed E-state index contributed by atoms with van der Waals surface area (Å²) in [6.45, 7) is 5.80. The molecule has 4 N–H and O–H groups in total. The van der Waals surface area contributed by atoms with Crippen molar-refractivity contribution in [2.75, 3.05) is 10.7 Å². The molecule has 20 heavy (non-hydrogen) atoms. The smallest absolute Gasteiger partial charge is 0.323 e. The molecule has 2 rings (SSSR count). The van der Waals surface area contributed by atoms with Crippen LogP contribution < -0.4 is 21.3 Å². The van der Waals surface area contributed by atoms with E-state index in [1.54, 1.807) is 0 Å². The van der Waals surface area contributed by atoms with E-state index < -0.39 is 0 Å². The van der Waals surface area contributed by atoms with Crippen LogP contribution in [0.3, 0.4) is 0 Å². The van der Waals surface area contributed by atoms with Crippen molar-refractivity contribution >= 4 is 17.6 Å². The van der Waals surface area contributed by atoms with Gasteiger partial charge >= 0.3 is 6.01 Å². The number of nitrogens with two attached hydrogens (primary N) is 1. The Bertz CT molecular complexity index is 587. The van der Waals surface area contributed by atoms with Crippen LogP contribution in [0.4, 0.5) is 17.6 Å². The van der Waals surface area contributed by atoms with Crippen LogP contribution in [0.2, 0.25) is 0 Å². The van der Waals surface area contributed by atoms with Gasteiger partial charge in [-0.1, -0.05) is 12.1 Å². The van der Waals surface area contributed by atoms with E-state index in [1.165, 1.54) is 0 Å². The molecule has 7 nitrogen and oxygen atoms in total. The number of hydrazine groups is 1. The molecule has 1 aromatic heterocycles. The fraction of sp³-hybridized carbons (Fsp3) is 0.308. The van der Waals surface area contributed by atoms with E-state index in [4.69, 9.17) is 10.6 Å². The maximum absolute atomic E-state index is 5.46. The van der Waals surface area contributed by atoms with Gasteiger partial charge in [0.25, 0.3) is 0 Å². The molecule has 0 radical (unpaired) electrons. The average Bonchev–Trinajstić information content (AvgIpc) is 2.37. The van der Waals surface area contributed by atoms with Gasteiger partial charge < -0.3 is 10.1 Å². The van der Waals surface area contributed by atoms with Gasteiger partial charge in [-0.3, -0.25) is 5.43 Å². The summed E-state index contributed by atoms with van der Waals surface area (Å²) in [5.41, 5.74) is 4.42. The molecule has 0 atom stereocenters. The zero-order valence-electron chi connectivity index (χ0n) is 11.7. The Morgan fingerprint density at radius 3 is 2.55 bits per heavy atom. The van der Waals surface area contributed by atoms with Gasteiger partial charge in [-0.25, -0.2) is 5.84 Å². The molecule has 1 aromatic carbocycles. The molecule has 0 amide bonds. The summed E-state index contributed by atoms with van der Waals surface area (Å²) in [6.07, 6.45) is -0.0326. The first kappa shape index (κ1) is 14.0. The second-order valence-corrected chi connectivity index (χ2v) is 4.57. The number of aryl methyl sites for hydroxylation is 1. The fourth-order valence-corrected chi connectivity index (χ4v) is 1.59. The van der Waals surface area contributed by atoms with E-state index in [9.17, 15) is 0 Å². The lowest BCUT2D eigenvalue weighted by molar-refractivity contribution is 0.222. The quantitative estimate of drug-likeness (QED) is 0.566. The monoisotopic (exact) mass is 274 g/mol. The Morgan fingerprint density at radius 1 is 1.15 bits per heavy atom. The van der Waals surface area contributed by atoms with Gasteiger partial charge in [-0.05, 0) is 38.5 Å². The summed E-state index contributed by atoms with van der Waals surface area (Å²) in [6, 6.07) is 8.10. The number of nitrogen functional groups attached to an aromatic ring is 1. The van der Waals surface area contributed by atoms with Crippen molar-refractivity contribution in [3.63, 3.8) is 0 Å². The second kappa shape index (κ2) is 6.16. The van der Waals surface area contributed by atoms with E-state index in [1.807, 2.05) is 45.0 Å². The number of aromatic nitrogens is 3. The van der Waals surface area contributed by atoms with Crippen LogP contribution >= 0.6 is 0 Å². The first-order chi connectivity index (χ1) is 9.56. The number of hydrogen-bond acceptors (Lipinski definition) is 7. The highest BCUT2D eigenvalue weighted by Crippen LogP contribution is 2.17. The molecule has 0 aliphatic rings. The summed E-state index contributed by atoms with van der Waals surface area (Å²) >= 11 is 0. The highest BCUT2D eigenvalue weighted by molar-refractivity contribution is 5.55. The van der Waals surface area contributed by atoms with E-state index in [-0.39, 0.29) is 18.1 Å². The largest absolute Gasteiger partial charge is 0.461 e. The van der Waals surface area contributed by atoms with Crippen LogP contribution in [0.25, 0.3) is 0 Å². The van der Waals surface area contributed by atoms with Crippen LogP contribution in [0.15, 0.2) is 24.3 Å². The van der Waals surface area contributed by atoms with Gasteiger partial charge in [0.15, 0.2) is 0 Å². The first-order valence-corrected chi connectivity index (χ1v) is 6.30. The van der Waals surface area contributed by atoms with Gasteiger partial charge in [0.05, 0.1) is 6.10 Å². The summed E-state index contributed by atoms with van der Waals surface area (Å²) in [5.74, 6) is 5.96. The molecule has 0 saturated carbocycles. The van der Waals surface area contributed by atoms with E-state index in [0.717, 1.165) is 11.3 Å². The third-order valence-corrected chi connectivity index (χ3v) is 2.36. The van der Waals surface area contributed by atoms with Crippen LogP contribution in [0.5, 0.6) is 6.01 Å². The molecule has 2 aromatic rings. The standard InChI is InChI=1S/C13H18N6O/c1-8(2)20-13-17-11(16-12(18-13)19-14)15-10-6-4-5-9(3)7-10/h4-8H,14H2,1-3H3,(H2,15,16,17,18,19). The van der Waals surface area contributed by atoms with Gasteiger partial charge in [0, 0.05) is 5.69 Å². The van der Waals surface area contributed by atoms with Crippen LogP contribution in [-0.4, -0.2) is 21.1 Å². The van der Waals surface area contributed by atoms with Crippen molar-refractivity contribution in [3.8, 4) is 6.01 Å². The van der Waals surface area contributed by atoms with Gasteiger partial charge in [-0.2, -0.15) is 15.0 Å². The van der Waals surface area contributed by atoms with E-state index in [0.29, 0.717) is 5.95 Å². The lowest BCUT2D eigenvalue weighted by Gasteiger charge is -2.11. The zero-order chi connectivity index (χ0) is 14.5. The van der Waals surface area contributed by atoms with Gasteiger partial charge in [0.2, 0.25) is 11.9 Å². The highest BCUT2D eigenvalue weighted by Gasteiger charge is 2.08. The number of rotatable bonds is 5. The van der Waals surface area contributed by atoms with Crippen molar-refractivity contribution in [2.45, 2.75) is 26.9 Å². The molecule has 106 valence electrons. The Labute approximate surface area is 117 Å². The number of hydrogen-bond donors (Lipinski definition) is 3. The number of nitrogens with zero attached hydrogens (tertiary/aromatic N) is 3. The third-order valence-electron chi connectivity index (χ3n) is 2.36. The predicted octanol–water partition coefficient (Wildman–Crippen LogP) is 2.00. The lowest BCUT2D eigenvalue weighted by atomic mass is 10.2. The van der Waals surface area contributed by atoms with Crippen molar-refractivity contribution in [1.82, 2.24) is 15.0 Å². The molecule has 0 unspecified atom stereocenters. The number of nitrogens with one attached hydrogen (secondary N) is 2. The Balaban J connectivity index is 2.26. The minimum absolute atomic E-state index is 0.0326. The zero-order valence-corrected chi connectivity index (χ0v) is 11.7. The van der Waals surface area contributed by atoms with E-state index in [2.05, 4.69) is 25.7 Å². The summed E-state index contributed by atoms with van der Waals surface area (Å²) in [4.78, 5) is 12.4. The second-order valence-electron chi connectivity index (χ2n) is 4.57. The Kier molecular flexibility index (Phi) is 4.31. The number of anilines is 3. The first-order valence-electron chi connectivity index (χ1n) is 6.30. The topological polar surface area (TPSA) is 98.0 Å².